The Morgan fingerprint density at radius 1 is 1.14 bits per heavy atom. The number of halogens is 3. The lowest BCUT2D eigenvalue weighted by Crippen LogP contribution is -2.66. The van der Waals surface area contributed by atoms with Gasteiger partial charge in [0.05, 0.1) is 18.4 Å². The van der Waals surface area contributed by atoms with Crippen molar-refractivity contribution < 1.29 is 55.3 Å². The molecule has 18 heteroatoms. The molecule has 3 fully saturated rings. The Labute approximate surface area is 335 Å². The van der Waals surface area contributed by atoms with E-state index in [1.165, 1.54) is 20.2 Å². The molecule has 0 radical (unpaired) electrons. The van der Waals surface area contributed by atoms with E-state index in [0.29, 0.717) is 56.1 Å². The summed E-state index contributed by atoms with van der Waals surface area (Å²) in [4.78, 5) is 62.3. The van der Waals surface area contributed by atoms with Crippen molar-refractivity contribution in [2.45, 2.75) is 126 Å². The van der Waals surface area contributed by atoms with Crippen LogP contribution in [0, 0.1) is 17.8 Å². The van der Waals surface area contributed by atoms with Gasteiger partial charge in [0.2, 0.25) is 27.7 Å². The zero-order chi connectivity index (χ0) is 42.6. The number of amides is 4. The summed E-state index contributed by atoms with van der Waals surface area (Å²) in [5, 5.41) is 14.5. The van der Waals surface area contributed by atoms with E-state index in [4.69, 9.17) is 9.47 Å². The van der Waals surface area contributed by atoms with Crippen LogP contribution in [-0.4, -0.2) is 106 Å². The fraction of sp³-hybridized carbons (Fsp3) is 0.625. The zero-order valence-corrected chi connectivity index (χ0v) is 34.3. The van der Waals surface area contributed by atoms with Gasteiger partial charge in [-0.25, -0.2) is 18.2 Å². The van der Waals surface area contributed by atoms with Gasteiger partial charge >= 0.3 is 12.3 Å². The number of sulfonamides is 1. The van der Waals surface area contributed by atoms with E-state index in [-0.39, 0.29) is 48.9 Å². The Bertz CT molecular complexity index is 2090. The van der Waals surface area contributed by atoms with Gasteiger partial charge in [-0.05, 0) is 89.3 Å². The van der Waals surface area contributed by atoms with E-state index in [0.717, 1.165) is 4.90 Å². The summed E-state index contributed by atoms with van der Waals surface area (Å²) < 4.78 is 83.7. The minimum Gasteiger partial charge on any atom is -0.496 e. The number of benzene rings is 1. The molecular formula is C40H52F3N5O9S. The van der Waals surface area contributed by atoms with Gasteiger partial charge < -0.3 is 24.8 Å². The Morgan fingerprint density at radius 2 is 1.84 bits per heavy atom. The standard InChI is InChI=1S/C40H52F3N5O9S/c1-7-24-19-23(2)11-8-9-12-25-21-39(25,35(51)46-58(54,55)38(5)16-17-38)45-32(49)29-20-26(57-33-28-13-10-14-30(56-6)27(28)15-18-44-33)22-47(29)34(50)31(24)48(36(52)53)37(3,4)40(41,42)43/h9-10,12-15,18,23-26,29,31H,7-8,11,16-17,19-22H2,1-6H3,(H,45,49)(H,46,51)(H,52,53)/b12-9-/t23-,24-,25-,26-,29+,31+,39-/m1/s1. The quantitative estimate of drug-likeness (QED) is 0.271. The Balaban J connectivity index is 1.44. The number of carbonyl (C=O) groups excluding carboxylic acids is 3. The van der Waals surface area contributed by atoms with E-state index in [1.807, 2.05) is 13.0 Å². The van der Waals surface area contributed by atoms with E-state index < -0.39 is 85.9 Å². The lowest BCUT2D eigenvalue weighted by Gasteiger charge is -2.46. The number of alkyl halides is 3. The van der Waals surface area contributed by atoms with Gasteiger partial charge in [-0.3, -0.25) is 24.0 Å². The largest absolute Gasteiger partial charge is 0.496 e. The molecular weight excluding hydrogens is 784 g/mol. The first-order valence-corrected chi connectivity index (χ1v) is 21.1. The number of allylic oxidation sites excluding steroid dienone is 1. The number of fused-ring (bicyclic) bond motifs is 3. The van der Waals surface area contributed by atoms with Crippen LogP contribution in [-0.2, 0) is 24.4 Å². The fourth-order valence-electron chi connectivity index (χ4n) is 8.35. The number of methoxy groups -OCH3 is 1. The third-order valence-corrected chi connectivity index (χ3v) is 14.7. The van der Waals surface area contributed by atoms with Crippen LogP contribution in [0.2, 0.25) is 0 Å². The van der Waals surface area contributed by atoms with Crippen molar-refractivity contribution >= 4 is 44.6 Å². The molecule has 1 aromatic heterocycles. The molecule has 2 aromatic rings. The first-order valence-electron chi connectivity index (χ1n) is 19.6. The maximum atomic E-state index is 15.1. The predicted molar refractivity (Wildman–Crippen MR) is 206 cm³/mol. The highest BCUT2D eigenvalue weighted by atomic mass is 32.2. The van der Waals surface area contributed by atoms with Gasteiger partial charge in [0.25, 0.3) is 5.91 Å². The maximum Gasteiger partial charge on any atom is 0.411 e. The van der Waals surface area contributed by atoms with Crippen molar-refractivity contribution in [2.75, 3.05) is 13.7 Å². The number of nitrogens with zero attached hydrogens (tertiary/aromatic N) is 3. The molecule has 58 heavy (non-hydrogen) atoms. The van der Waals surface area contributed by atoms with Crippen LogP contribution in [0.25, 0.3) is 10.8 Å². The first-order chi connectivity index (χ1) is 27.1. The monoisotopic (exact) mass is 835 g/mol. The lowest BCUT2D eigenvalue weighted by molar-refractivity contribution is -0.222. The van der Waals surface area contributed by atoms with Gasteiger partial charge in [-0.1, -0.05) is 38.5 Å². The SMILES string of the molecule is CC[C@@H]1C[C@H](C)CC/C=C\[C@@H]2C[C@@]2(C(=O)NS(=O)(=O)C2(C)CC2)NC(=O)[C@@H]2C[C@@H](Oc3nccc4c(OC)cccc34)CN2C(=O)[C@H]1N(C(=O)O)C(C)(C)C(F)(F)F. The van der Waals surface area contributed by atoms with Crippen LogP contribution in [0.4, 0.5) is 18.0 Å². The summed E-state index contributed by atoms with van der Waals surface area (Å²) in [5.41, 5.74) is -4.75. The van der Waals surface area contributed by atoms with Crippen LogP contribution in [0.1, 0.15) is 86.0 Å². The molecule has 0 bridgehead atoms. The van der Waals surface area contributed by atoms with E-state index >= 15 is 4.79 Å². The van der Waals surface area contributed by atoms with Crippen LogP contribution >= 0.6 is 0 Å². The fourth-order valence-corrected chi connectivity index (χ4v) is 9.66. The van der Waals surface area contributed by atoms with Crippen molar-refractivity contribution in [2.24, 2.45) is 17.8 Å². The Hall–Kier alpha value is -4.61. The highest BCUT2D eigenvalue weighted by molar-refractivity contribution is 7.91. The van der Waals surface area contributed by atoms with Gasteiger partial charge in [0.15, 0.2) is 0 Å². The summed E-state index contributed by atoms with van der Waals surface area (Å²) in [5.74, 6) is -3.87. The van der Waals surface area contributed by atoms with Crippen molar-refractivity contribution in [3.8, 4) is 11.6 Å². The molecule has 4 amide bonds. The topological polar surface area (TPSA) is 185 Å². The van der Waals surface area contributed by atoms with Crippen molar-refractivity contribution in [3.05, 3.63) is 42.6 Å². The van der Waals surface area contributed by atoms with Gasteiger partial charge in [-0.15, -0.1) is 0 Å². The van der Waals surface area contributed by atoms with Crippen LogP contribution in [0.5, 0.6) is 11.6 Å². The third kappa shape index (κ3) is 7.92. The number of carboxylic acid groups (broad SMARTS) is 1. The average molecular weight is 836 g/mol. The van der Waals surface area contributed by atoms with E-state index in [1.54, 1.807) is 37.3 Å². The van der Waals surface area contributed by atoms with Gasteiger partial charge in [-0.2, -0.15) is 13.2 Å². The molecule has 2 saturated carbocycles. The number of ether oxygens (including phenoxy) is 2. The van der Waals surface area contributed by atoms with E-state index in [9.17, 15) is 41.1 Å². The minimum absolute atomic E-state index is 0.0539. The second kappa shape index (κ2) is 15.5. The molecule has 1 saturated heterocycles. The summed E-state index contributed by atoms with van der Waals surface area (Å²) in [6.45, 7) is 6.13. The van der Waals surface area contributed by atoms with Crippen molar-refractivity contribution in [3.63, 3.8) is 0 Å². The Morgan fingerprint density at radius 3 is 2.47 bits per heavy atom. The van der Waals surface area contributed by atoms with Crippen LogP contribution < -0.4 is 19.5 Å². The third-order valence-electron chi connectivity index (χ3n) is 12.6. The van der Waals surface area contributed by atoms with Crippen molar-refractivity contribution in [1.29, 1.82) is 0 Å². The highest BCUT2D eigenvalue weighted by Crippen LogP contribution is 2.48. The lowest BCUT2D eigenvalue weighted by atomic mass is 9.82. The van der Waals surface area contributed by atoms with Gasteiger partial charge in [0, 0.05) is 29.3 Å². The average Bonchev–Trinajstić information content (AvgIpc) is 4.03. The molecule has 0 spiro atoms. The van der Waals surface area contributed by atoms with Crippen LogP contribution in [0.3, 0.4) is 0 Å². The molecule has 3 N–H and O–H groups in total. The number of rotatable bonds is 9. The summed E-state index contributed by atoms with van der Waals surface area (Å²) in [6.07, 6.45) is -1.13. The normalized spacial score (nSPS) is 29.5. The maximum absolute atomic E-state index is 15.1. The number of carbonyl (C=O) groups is 4. The molecule has 4 aliphatic rings. The molecule has 6 rings (SSSR count). The Kier molecular flexibility index (Phi) is 11.5. The van der Waals surface area contributed by atoms with Gasteiger partial charge in [0.1, 0.15) is 35.0 Å². The first kappa shape index (κ1) is 43.0. The smallest absolute Gasteiger partial charge is 0.411 e. The highest BCUT2D eigenvalue weighted by Gasteiger charge is 2.64. The number of aromatic nitrogens is 1. The zero-order valence-electron chi connectivity index (χ0n) is 33.5. The molecule has 14 nitrogen and oxygen atoms in total. The number of hydrogen-bond donors (Lipinski definition) is 3. The molecule has 2 aliphatic carbocycles. The summed E-state index contributed by atoms with van der Waals surface area (Å²) >= 11 is 0. The number of pyridine rings is 1. The van der Waals surface area contributed by atoms with E-state index in [2.05, 4.69) is 15.0 Å². The molecule has 0 unspecified atom stereocenters. The number of hydrogen-bond acceptors (Lipinski definition) is 9. The molecule has 2 aliphatic heterocycles. The predicted octanol–water partition coefficient (Wildman–Crippen LogP) is 5.56. The molecule has 3 heterocycles. The minimum atomic E-state index is -5.09. The number of nitrogens with one attached hydrogen (secondary N) is 2. The van der Waals surface area contributed by atoms with Crippen LogP contribution in [0.15, 0.2) is 42.6 Å². The second-order valence-corrected chi connectivity index (χ2v) is 19.2. The molecule has 7 atom stereocenters. The second-order valence-electron chi connectivity index (χ2n) is 17.0. The van der Waals surface area contributed by atoms with Crippen molar-refractivity contribution in [1.82, 2.24) is 24.8 Å². The summed E-state index contributed by atoms with van der Waals surface area (Å²) in [7, 11) is -2.62. The molecule has 1 aromatic carbocycles. The molecule has 318 valence electrons. The summed E-state index contributed by atoms with van der Waals surface area (Å²) in [6, 6.07) is 3.56.